The lowest BCUT2D eigenvalue weighted by atomic mass is 9.99. The van der Waals surface area contributed by atoms with Crippen molar-refractivity contribution >= 4 is 11.8 Å². The van der Waals surface area contributed by atoms with Crippen LogP contribution in [0.2, 0.25) is 0 Å². The molecule has 1 aromatic rings. The summed E-state index contributed by atoms with van der Waals surface area (Å²) in [5, 5.41) is 2.68. The van der Waals surface area contributed by atoms with Crippen LogP contribution in [0.4, 0.5) is 10.5 Å². The molecular weight excluding hydrogens is 326 g/mol. The molecule has 0 aromatic heterocycles. The first-order chi connectivity index (χ1) is 12.0. The molecule has 1 aliphatic heterocycles. The summed E-state index contributed by atoms with van der Waals surface area (Å²) >= 11 is 0. The summed E-state index contributed by atoms with van der Waals surface area (Å²) in [5.41, 5.74) is 1.75. The Hall–Kier alpha value is -1.67. The Morgan fingerprint density at radius 2 is 1.76 bits per heavy atom. The zero-order valence-corrected chi connectivity index (χ0v) is 15.4. The van der Waals surface area contributed by atoms with Crippen molar-refractivity contribution in [2.45, 2.75) is 51.5 Å². The van der Waals surface area contributed by atoms with Crippen LogP contribution in [0.1, 0.15) is 19.4 Å². The van der Waals surface area contributed by atoms with Crippen LogP contribution in [0.25, 0.3) is 0 Å². The van der Waals surface area contributed by atoms with E-state index < -0.39 is 24.6 Å². The smallest absolute Gasteiger partial charge is 0.414 e. The fourth-order valence-electron chi connectivity index (χ4n) is 2.91. The summed E-state index contributed by atoms with van der Waals surface area (Å²) in [6, 6.07) is 7.42. The molecule has 5 atom stereocenters. The van der Waals surface area contributed by atoms with Crippen LogP contribution < -0.4 is 5.32 Å². The van der Waals surface area contributed by atoms with Crippen LogP contribution in [0.5, 0.6) is 0 Å². The molecule has 1 fully saturated rings. The van der Waals surface area contributed by atoms with Crippen LogP contribution in [0.3, 0.4) is 0 Å². The zero-order chi connectivity index (χ0) is 18.4. The van der Waals surface area contributed by atoms with Crippen molar-refractivity contribution in [3.8, 4) is 0 Å². The molecule has 1 aliphatic rings. The van der Waals surface area contributed by atoms with Gasteiger partial charge in [-0.25, -0.2) is 4.79 Å². The summed E-state index contributed by atoms with van der Waals surface area (Å²) in [7, 11) is 3.12. The van der Waals surface area contributed by atoms with E-state index in [2.05, 4.69) is 5.32 Å². The first-order valence-corrected chi connectivity index (χ1v) is 8.37. The highest BCUT2D eigenvalue weighted by molar-refractivity contribution is 5.84. The third kappa shape index (κ3) is 4.92. The second-order valence-electron chi connectivity index (χ2n) is 5.93. The standard InChI is InChI=1S/C18H27NO6/c1-6-23-15-14(21-4)12(3)24-17(16(15)22-5)25-18(20)19-13-9-7-11(2)8-10-13/h7-10,12,14-17H,6H2,1-5H3,(H,19,20)/t12-,14-,15+,16+,17-/m0/s1. The molecular formula is C18H27NO6. The molecule has 1 aromatic carbocycles. The second kappa shape index (κ2) is 9.15. The summed E-state index contributed by atoms with van der Waals surface area (Å²) in [4.78, 5) is 12.2. The average molecular weight is 353 g/mol. The zero-order valence-electron chi connectivity index (χ0n) is 15.4. The molecule has 1 saturated heterocycles. The number of carbonyl (C=O) groups excluding carboxylic acids is 1. The lowest BCUT2D eigenvalue weighted by Gasteiger charge is -2.43. The first-order valence-electron chi connectivity index (χ1n) is 8.37. The molecule has 0 aliphatic carbocycles. The normalized spacial score (nSPS) is 29.2. The predicted octanol–water partition coefficient (Wildman–Crippen LogP) is 2.72. The molecule has 0 unspecified atom stereocenters. The van der Waals surface area contributed by atoms with Gasteiger partial charge in [-0.2, -0.15) is 0 Å². The highest BCUT2D eigenvalue weighted by Gasteiger charge is 2.47. The summed E-state index contributed by atoms with van der Waals surface area (Å²) in [6.07, 6.45) is -3.14. The van der Waals surface area contributed by atoms with Gasteiger partial charge >= 0.3 is 6.09 Å². The highest BCUT2D eigenvalue weighted by Crippen LogP contribution is 2.28. The Bertz CT molecular complexity index is 549. The fourth-order valence-corrected chi connectivity index (χ4v) is 2.91. The van der Waals surface area contributed by atoms with Gasteiger partial charge < -0.3 is 23.7 Å². The van der Waals surface area contributed by atoms with Crippen molar-refractivity contribution in [2.75, 3.05) is 26.1 Å². The number of methoxy groups -OCH3 is 2. The van der Waals surface area contributed by atoms with E-state index >= 15 is 0 Å². The van der Waals surface area contributed by atoms with E-state index in [4.69, 9.17) is 23.7 Å². The molecule has 0 spiro atoms. The number of ether oxygens (including phenoxy) is 5. The van der Waals surface area contributed by atoms with Crippen molar-refractivity contribution in [2.24, 2.45) is 0 Å². The lowest BCUT2D eigenvalue weighted by Crippen LogP contribution is -2.60. The Morgan fingerprint density at radius 1 is 1.12 bits per heavy atom. The average Bonchev–Trinajstić information content (AvgIpc) is 2.57. The minimum absolute atomic E-state index is 0.315. The van der Waals surface area contributed by atoms with Crippen LogP contribution >= 0.6 is 0 Å². The van der Waals surface area contributed by atoms with Gasteiger partial charge in [0.25, 0.3) is 0 Å². The Balaban J connectivity index is 2.05. The SMILES string of the molecule is CCO[C@@H]1[C@@H](OC)[C@H](C)O[C@@H](OC(=O)Nc2ccc(C)cc2)[C@@H]1OC. The Morgan fingerprint density at radius 3 is 2.32 bits per heavy atom. The number of aryl methyl sites for hydroxylation is 1. The molecule has 1 amide bonds. The van der Waals surface area contributed by atoms with Crippen molar-refractivity contribution < 1.29 is 28.5 Å². The van der Waals surface area contributed by atoms with E-state index in [-0.39, 0.29) is 12.2 Å². The van der Waals surface area contributed by atoms with Gasteiger partial charge in [-0.3, -0.25) is 5.32 Å². The minimum atomic E-state index is -0.895. The van der Waals surface area contributed by atoms with Crippen molar-refractivity contribution in [1.29, 1.82) is 0 Å². The van der Waals surface area contributed by atoms with E-state index in [0.717, 1.165) is 5.56 Å². The maximum Gasteiger partial charge on any atom is 0.414 e. The van der Waals surface area contributed by atoms with Crippen LogP contribution in [0, 0.1) is 6.92 Å². The van der Waals surface area contributed by atoms with Gasteiger partial charge in [0, 0.05) is 26.5 Å². The van der Waals surface area contributed by atoms with Crippen LogP contribution in [-0.4, -0.2) is 57.6 Å². The molecule has 25 heavy (non-hydrogen) atoms. The van der Waals surface area contributed by atoms with Gasteiger partial charge in [0.15, 0.2) is 0 Å². The molecule has 140 valence electrons. The maximum atomic E-state index is 12.2. The van der Waals surface area contributed by atoms with Gasteiger partial charge in [-0.15, -0.1) is 0 Å². The number of hydrogen-bond acceptors (Lipinski definition) is 6. The molecule has 0 radical (unpaired) electrons. The molecule has 7 heteroatoms. The lowest BCUT2D eigenvalue weighted by molar-refractivity contribution is -0.292. The monoisotopic (exact) mass is 353 g/mol. The van der Waals surface area contributed by atoms with Crippen molar-refractivity contribution in [3.63, 3.8) is 0 Å². The fraction of sp³-hybridized carbons (Fsp3) is 0.611. The third-order valence-electron chi connectivity index (χ3n) is 4.15. The number of rotatable bonds is 6. The molecule has 1 heterocycles. The van der Waals surface area contributed by atoms with E-state index in [1.54, 1.807) is 19.2 Å². The van der Waals surface area contributed by atoms with E-state index in [1.807, 2.05) is 32.9 Å². The Labute approximate surface area is 148 Å². The van der Waals surface area contributed by atoms with Gasteiger partial charge in [0.2, 0.25) is 6.29 Å². The molecule has 0 saturated carbocycles. The second-order valence-corrected chi connectivity index (χ2v) is 5.93. The number of hydrogen-bond donors (Lipinski definition) is 1. The number of nitrogens with one attached hydrogen (secondary N) is 1. The van der Waals surface area contributed by atoms with Gasteiger partial charge in [0.1, 0.15) is 18.3 Å². The molecule has 7 nitrogen and oxygen atoms in total. The highest BCUT2D eigenvalue weighted by atomic mass is 16.7. The van der Waals surface area contributed by atoms with Crippen molar-refractivity contribution in [3.05, 3.63) is 29.8 Å². The first kappa shape index (κ1) is 19.7. The van der Waals surface area contributed by atoms with E-state index in [0.29, 0.717) is 12.3 Å². The van der Waals surface area contributed by atoms with Gasteiger partial charge in [-0.05, 0) is 32.9 Å². The van der Waals surface area contributed by atoms with Gasteiger partial charge in [-0.1, -0.05) is 17.7 Å². The molecule has 0 bridgehead atoms. The molecule has 1 N–H and O–H groups in total. The van der Waals surface area contributed by atoms with E-state index in [1.165, 1.54) is 7.11 Å². The molecule has 2 rings (SSSR count). The van der Waals surface area contributed by atoms with Crippen molar-refractivity contribution in [1.82, 2.24) is 0 Å². The number of amides is 1. The topological polar surface area (TPSA) is 75.2 Å². The van der Waals surface area contributed by atoms with Crippen LogP contribution in [0.15, 0.2) is 24.3 Å². The predicted molar refractivity (Wildman–Crippen MR) is 92.6 cm³/mol. The summed E-state index contributed by atoms with van der Waals surface area (Å²) < 4.78 is 27.9. The number of anilines is 1. The maximum absolute atomic E-state index is 12.2. The number of carbonyl (C=O) groups is 1. The third-order valence-corrected chi connectivity index (χ3v) is 4.15. The van der Waals surface area contributed by atoms with E-state index in [9.17, 15) is 4.79 Å². The summed E-state index contributed by atoms with van der Waals surface area (Å²) in [6.45, 7) is 6.20. The number of benzene rings is 1. The van der Waals surface area contributed by atoms with Crippen LogP contribution in [-0.2, 0) is 23.7 Å². The summed E-state index contributed by atoms with van der Waals surface area (Å²) in [5.74, 6) is 0. The minimum Gasteiger partial charge on any atom is -0.416 e. The largest absolute Gasteiger partial charge is 0.416 e. The van der Waals surface area contributed by atoms with Gasteiger partial charge in [0.05, 0.1) is 6.10 Å². The quantitative estimate of drug-likeness (QED) is 0.847. The Kier molecular flexibility index (Phi) is 7.19.